The molecule has 0 spiro atoms. The minimum Gasteiger partial charge on any atom is -0.339 e. The van der Waals surface area contributed by atoms with Gasteiger partial charge in [0.25, 0.3) is 0 Å². The summed E-state index contributed by atoms with van der Waals surface area (Å²) in [6, 6.07) is 12.4. The van der Waals surface area contributed by atoms with E-state index in [-0.39, 0.29) is 22.8 Å². The molecular formula is C28H32ClN5O4S. The van der Waals surface area contributed by atoms with Crippen LogP contribution in [0.25, 0.3) is 10.8 Å². The van der Waals surface area contributed by atoms with E-state index in [0.29, 0.717) is 37.6 Å². The fourth-order valence-electron chi connectivity index (χ4n) is 5.32. The predicted molar refractivity (Wildman–Crippen MR) is 150 cm³/mol. The lowest BCUT2D eigenvalue weighted by molar-refractivity contribution is -0.144. The number of nitrogens with zero attached hydrogens (tertiary/aromatic N) is 3. The second-order valence-electron chi connectivity index (χ2n) is 10.2. The molecule has 0 aliphatic carbocycles. The molecule has 2 N–H and O–H groups in total. The van der Waals surface area contributed by atoms with Gasteiger partial charge in [0.2, 0.25) is 21.8 Å². The van der Waals surface area contributed by atoms with Gasteiger partial charge in [-0.2, -0.15) is 4.72 Å². The molecule has 1 aromatic heterocycles. The van der Waals surface area contributed by atoms with Crippen LogP contribution in [0.2, 0.25) is 5.02 Å². The van der Waals surface area contributed by atoms with Gasteiger partial charge in [-0.05, 0) is 72.9 Å². The van der Waals surface area contributed by atoms with Crippen LogP contribution in [0, 0.1) is 0 Å². The minimum atomic E-state index is -3.94. The van der Waals surface area contributed by atoms with E-state index in [1.54, 1.807) is 48.4 Å². The van der Waals surface area contributed by atoms with Gasteiger partial charge in [0, 0.05) is 49.6 Å². The maximum atomic E-state index is 13.4. The highest BCUT2D eigenvalue weighted by Gasteiger charge is 2.40. The van der Waals surface area contributed by atoms with Crippen LogP contribution < -0.4 is 10.0 Å². The van der Waals surface area contributed by atoms with Crippen LogP contribution in [0.5, 0.6) is 0 Å². The van der Waals surface area contributed by atoms with Gasteiger partial charge in [-0.25, -0.2) is 8.42 Å². The Labute approximate surface area is 233 Å². The molecule has 3 atom stereocenters. The molecule has 3 heterocycles. The Kier molecular flexibility index (Phi) is 8.18. The van der Waals surface area contributed by atoms with Crippen LogP contribution >= 0.6 is 11.6 Å². The highest BCUT2D eigenvalue weighted by Crippen LogP contribution is 2.24. The Balaban J connectivity index is 1.19. The van der Waals surface area contributed by atoms with E-state index >= 15 is 0 Å². The van der Waals surface area contributed by atoms with Crippen molar-refractivity contribution < 1.29 is 18.0 Å². The Morgan fingerprint density at radius 3 is 2.72 bits per heavy atom. The fraction of sp³-hybridized carbons (Fsp3) is 0.393. The summed E-state index contributed by atoms with van der Waals surface area (Å²) in [6.45, 7) is 3.91. The zero-order valence-electron chi connectivity index (χ0n) is 21.7. The SMILES string of the molecule is CC(C(=O)N1CCCC(NCc2cccnc2)C1)N1CCC(NS(=O)(=O)c2ccc3cc(Cl)ccc3c2)C1=O. The smallest absolute Gasteiger partial charge is 0.245 e. The van der Waals surface area contributed by atoms with Gasteiger partial charge in [-0.1, -0.05) is 29.8 Å². The third kappa shape index (κ3) is 6.24. The average molecular weight is 570 g/mol. The zero-order chi connectivity index (χ0) is 27.6. The number of amides is 2. The van der Waals surface area contributed by atoms with E-state index in [1.165, 1.54) is 11.0 Å². The first-order valence-electron chi connectivity index (χ1n) is 13.1. The summed E-state index contributed by atoms with van der Waals surface area (Å²) >= 11 is 6.03. The van der Waals surface area contributed by atoms with Crippen LogP contribution in [0.15, 0.2) is 65.8 Å². The van der Waals surface area contributed by atoms with E-state index < -0.39 is 22.1 Å². The number of carbonyl (C=O) groups excluding carboxylic acids is 2. The number of piperidine rings is 1. The highest BCUT2D eigenvalue weighted by molar-refractivity contribution is 7.89. The molecule has 0 radical (unpaired) electrons. The molecule has 0 bridgehead atoms. The Hall–Kier alpha value is -3.05. The van der Waals surface area contributed by atoms with Crippen molar-refractivity contribution >= 4 is 44.2 Å². The second-order valence-corrected chi connectivity index (χ2v) is 12.3. The number of pyridine rings is 1. The van der Waals surface area contributed by atoms with Gasteiger partial charge >= 0.3 is 0 Å². The molecule has 2 aromatic carbocycles. The lowest BCUT2D eigenvalue weighted by Gasteiger charge is -2.36. The van der Waals surface area contributed by atoms with Gasteiger partial charge in [-0.3, -0.25) is 14.6 Å². The molecule has 2 saturated heterocycles. The normalized spacial score (nSPS) is 20.9. The molecule has 3 aromatic rings. The lowest BCUT2D eigenvalue weighted by Crippen LogP contribution is -2.54. The quantitative estimate of drug-likeness (QED) is 0.431. The van der Waals surface area contributed by atoms with Crippen molar-refractivity contribution in [1.29, 1.82) is 0 Å². The van der Waals surface area contributed by atoms with Crippen LogP contribution in [-0.4, -0.2) is 72.8 Å². The molecule has 2 aliphatic rings. The third-order valence-corrected chi connectivity index (χ3v) is 9.20. The van der Waals surface area contributed by atoms with E-state index in [1.807, 2.05) is 18.3 Å². The van der Waals surface area contributed by atoms with Gasteiger partial charge in [0.1, 0.15) is 12.1 Å². The number of likely N-dealkylation sites (tertiary alicyclic amines) is 2. The second kappa shape index (κ2) is 11.6. The molecule has 9 nitrogen and oxygen atoms in total. The first kappa shape index (κ1) is 27.5. The van der Waals surface area contributed by atoms with Gasteiger partial charge in [0.05, 0.1) is 4.90 Å². The molecule has 0 saturated carbocycles. The van der Waals surface area contributed by atoms with Gasteiger partial charge in [0.15, 0.2) is 0 Å². The first-order chi connectivity index (χ1) is 18.7. The molecule has 5 rings (SSSR count). The van der Waals surface area contributed by atoms with Gasteiger partial charge in [-0.15, -0.1) is 0 Å². The van der Waals surface area contributed by atoms with Crippen molar-refractivity contribution in [1.82, 2.24) is 24.8 Å². The van der Waals surface area contributed by atoms with Crippen molar-refractivity contribution in [3.05, 3.63) is 71.5 Å². The number of hydrogen-bond donors (Lipinski definition) is 2. The molecule has 2 aliphatic heterocycles. The summed E-state index contributed by atoms with van der Waals surface area (Å²) in [5.41, 5.74) is 1.08. The Bertz CT molecular complexity index is 1470. The topological polar surface area (TPSA) is 112 Å². The highest BCUT2D eigenvalue weighted by atomic mass is 35.5. The van der Waals surface area contributed by atoms with Crippen LogP contribution in [0.4, 0.5) is 0 Å². The number of sulfonamides is 1. The van der Waals surface area contributed by atoms with Crippen LogP contribution in [0.3, 0.4) is 0 Å². The van der Waals surface area contributed by atoms with Crippen LogP contribution in [-0.2, 0) is 26.2 Å². The number of carbonyl (C=O) groups is 2. The number of rotatable bonds is 8. The third-order valence-electron chi connectivity index (χ3n) is 7.50. The summed E-state index contributed by atoms with van der Waals surface area (Å²) in [5.74, 6) is -0.497. The van der Waals surface area contributed by atoms with Crippen molar-refractivity contribution in [2.75, 3.05) is 19.6 Å². The van der Waals surface area contributed by atoms with E-state index in [0.717, 1.165) is 29.2 Å². The number of nitrogens with one attached hydrogen (secondary N) is 2. The van der Waals surface area contributed by atoms with Crippen LogP contribution in [0.1, 0.15) is 31.7 Å². The number of hydrogen-bond acceptors (Lipinski definition) is 6. The average Bonchev–Trinajstić information content (AvgIpc) is 3.30. The van der Waals surface area contributed by atoms with Crippen molar-refractivity contribution in [2.24, 2.45) is 0 Å². The van der Waals surface area contributed by atoms with Crippen molar-refractivity contribution in [2.45, 2.75) is 55.8 Å². The molecule has 39 heavy (non-hydrogen) atoms. The summed E-state index contributed by atoms with van der Waals surface area (Å²) < 4.78 is 28.8. The summed E-state index contributed by atoms with van der Waals surface area (Å²) in [7, 11) is -3.94. The standard InChI is InChI=1S/C28H32ClN5O4S/c1-19(27(35)33-12-3-5-24(18-33)31-17-20-4-2-11-30-16-20)34-13-10-26(28(34)36)32-39(37,38)25-9-7-21-14-23(29)8-6-22(21)15-25/h2,4,6-9,11,14-16,19,24,26,31-32H,3,5,10,12-13,17-18H2,1H3. The van der Waals surface area contributed by atoms with E-state index in [9.17, 15) is 18.0 Å². The van der Waals surface area contributed by atoms with E-state index in [2.05, 4.69) is 15.0 Å². The zero-order valence-corrected chi connectivity index (χ0v) is 23.3. The van der Waals surface area contributed by atoms with E-state index in [4.69, 9.17) is 11.6 Å². The summed E-state index contributed by atoms with van der Waals surface area (Å²) in [4.78, 5) is 34.1. The largest absolute Gasteiger partial charge is 0.339 e. The lowest BCUT2D eigenvalue weighted by atomic mass is 10.0. The fourth-order valence-corrected chi connectivity index (χ4v) is 6.76. The summed E-state index contributed by atoms with van der Waals surface area (Å²) in [6.07, 6.45) is 5.69. The maximum Gasteiger partial charge on any atom is 0.245 e. The molecule has 2 amide bonds. The molecule has 3 unspecified atom stereocenters. The molecule has 206 valence electrons. The monoisotopic (exact) mass is 569 g/mol. The Morgan fingerprint density at radius 2 is 1.92 bits per heavy atom. The number of benzene rings is 2. The predicted octanol–water partition coefficient (Wildman–Crippen LogP) is 2.94. The first-order valence-corrected chi connectivity index (χ1v) is 15.0. The Morgan fingerprint density at radius 1 is 1.13 bits per heavy atom. The number of aromatic nitrogens is 1. The minimum absolute atomic E-state index is 0.0749. The van der Waals surface area contributed by atoms with Crippen molar-refractivity contribution in [3.63, 3.8) is 0 Å². The molecule has 2 fully saturated rings. The summed E-state index contributed by atoms with van der Waals surface area (Å²) in [5, 5.41) is 5.63. The maximum absolute atomic E-state index is 13.4. The number of halogens is 1. The molecule has 11 heteroatoms. The number of fused-ring (bicyclic) bond motifs is 1. The van der Waals surface area contributed by atoms with Crippen molar-refractivity contribution in [3.8, 4) is 0 Å². The van der Waals surface area contributed by atoms with Gasteiger partial charge < -0.3 is 15.1 Å². The molecular weight excluding hydrogens is 538 g/mol.